The molecule has 102 valence electrons. The van der Waals surface area contributed by atoms with Crippen molar-refractivity contribution in [3.05, 3.63) is 40.4 Å². The van der Waals surface area contributed by atoms with E-state index in [1.54, 1.807) is 18.4 Å². The van der Waals surface area contributed by atoms with Gasteiger partial charge in [-0.3, -0.25) is 0 Å². The standard InChI is InChI=1S/C15H20N2OS/c1-3-4-5-13-14(19-15(16)17-13)10-11-6-8-12(18-2)9-7-11/h6-9H,3-5,10H2,1-2H3,(H2,16,17). The van der Waals surface area contributed by atoms with Gasteiger partial charge in [0.2, 0.25) is 0 Å². The molecule has 0 aliphatic rings. The molecule has 0 aliphatic carbocycles. The van der Waals surface area contributed by atoms with E-state index in [4.69, 9.17) is 10.5 Å². The van der Waals surface area contributed by atoms with Crippen molar-refractivity contribution in [3.63, 3.8) is 0 Å². The Hall–Kier alpha value is -1.55. The van der Waals surface area contributed by atoms with Crippen LogP contribution in [-0.4, -0.2) is 12.1 Å². The zero-order chi connectivity index (χ0) is 13.7. The highest BCUT2D eigenvalue weighted by atomic mass is 32.1. The lowest BCUT2D eigenvalue weighted by molar-refractivity contribution is 0.414. The Kier molecular flexibility index (Phi) is 4.80. The Bertz CT molecular complexity index is 519. The Balaban J connectivity index is 2.12. The van der Waals surface area contributed by atoms with Crippen molar-refractivity contribution in [2.45, 2.75) is 32.6 Å². The quantitative estimate of drug-likeness (QED) is 0.875. The second-order valence-electron chi connectivity index (χ2n) is 4.55. The van der Waals surface area contributed by atoms with Gasteiger partial charge in [-0.2, -0.15) is 0 Å². The van der Waals surface area contributed by atoms with E-state index in [-0.39, 0.29) is 0 Å². The van der Waals surface area contributed by atoms with Crippen LogP contribution in [0, 0.1) is 0 Å². The molecule has 2 aromatic rings. The predicted molar refractivity (Wildman–Crippen MR) is 80.9 cm³/mol. The monoisotopic (exact) mass is 276 g/mol. The van der Waals surface area contributed by atoms with Crippen molar-refractivity contribution in [3.8, 4) is 5.75 Å². The summed E-state index contributed by atoms with van der Waals surface area (Å²) in [6, 6.07) is 8.17. The van der Waals surface area contributed by atoms with Gasteiger partial charge in [0.25, 0.3) is 0 Å². The number of benzene rings is 1. The van der Waals surface area contributed by atoms with Gasteiger partial charge in [0.1, 0.15) is 5.75 Å². The second kappa shape index (κ2) is 6.57. The fourth-order valence-corrected chi connectivity index (χ4v) is 2.92. The number of thiazole rings is 1. The number of nitrogens with zero attached hydrogens (tertiary/aromatic N) is 1. The van der Waals surface area contributed by atoms with Crippen LogP contribution in [0.4, 0.5) is 5.13 Å². The molecule has 0 fully saturated rings. The maximum Gasteiger partial charge on any atom is 0.180 e. The average molecular weight is 276 g/mol. The van der Waals surface area contributed by atoms with Crippen molar-refractivity contribution < 1.29 is 4.74 Å². The van der Waals surface area contributed by atoms with Gasteiger partial charge in [-0.15, -0.1) is 11.3 Å². The first-order chi connectivity index (χ1) is 9.22. The third-order valence-electron chi connectivity index (χ3n) is 3.09. The number of ether oxygens (including phenoxy) is 1. The predicted octanol–water partition coefficient (Wildman–Crippen LogP) is 3.67. The van der Waals surface area contributed by atoms with E-state index in [9.17, 15) is 0 Å². The molecule has 4 heteroatoms. The number of unbranched alkanes of at least 4 members (excludes halogenated alkanes) is 1. The smallest absolute Gasteiger partial charge is 0.180 e. The van der Waals surface area contributed by atoms with Gasteiger partial charge < -0.3 is 10.5 Å². The maximum atomic E-state index is 5.84. The summed E-state index contributed by atoms with van der Waals surface area (Å²) >= 11 is 1.61. The van der Waals surface area contributed by atoms with Gasteiger partial charge in [0.15, 0.2) is 5.13 Å². The molecule has 1 heterocycles. The van der Waals surface area contributed by atoms with Gasteiger partial charge in [-0.05, 0) is 30.5 Å². The number of rotatable bonds is 6. The van der Waals surface area contributed by atoms with E-state index in [2.05, 4.69) is 24.0 Å². The van der Waals surface area contributed by atoms with Crippen LogP contribution in [0.2, 0.25) is 0 Å². The Morgan fingerprint density at radius 1 is 1.26 bits per heavy atom. The van der Waals surface area contributed by atoms with E-state index in [1.165, 1.54) is 29.0 Å². The first-order valence-electron chi connectivity index (χ1n) is 6.60. The summed E-state index contributed by atoms with van der Waals surface area (Å²) in [6.07, 6.45) is 4.27. The summed E-state index contributed by atoms with van der Waals surface area (Å²) in [4.78, 5) is 5.74. The number of aromatic nitrogens is 1. The minimum Gasteiger partial charge on any atom is -0.497 e. The molecular formula is C15H20N2OS. The fraction of sp³-hybridized carbons (Fsp3) is 0.400. The molecule has 0 unspecified atom stereocenters. The van der Waals surface area contributed by atoms with Gasteiger partial charge in [-0.1, -0.05) is 25.5 Å². The van der Waals surface area contributed by atoms with Crippen molar-refractivity contribution >= 4 is 16.5 Å². The van der Waals surface area contributed by atoms with E-state index >= 15 is 0 Å². The van der Waals surface area contributed by atoms with Crippen LogP contribution in [0.25, 0.3) is 0 Å². The molecule has 0 radical (unpaired) electrons. The summed E-state index contributed by atoms with van der Waals surface area (Å²) < 4.78 is 5.17. The van der Waals surface area contributed by atoms with Crippen molar-refractivity contribution in [2.24, 2.45) is 0 Å². The molecule has 0 spiro atoms. The zero-order valence-corrected chi connectivity index (χ0v) is 12.3. The second-order valence-corrected chi connectivity index (χ2v) is 5.67. The molecule has 0 saturated carbocycles. The summed E-state index contributed by atoms with van der Waals surface area (Å²) in [5, 5.41) is 0.676. The Morgan fingerprint density at radius 2 is 2.00 bits per heavy atom. The fourth-order valence-electron chi connectivity index (χ4n) is 2.01. The highest BCUT2D eigenvalue weighted by Gasteiger charge is 2.10. The summed E-state index contributed by atoms with van der Waals surface area (Å²) in [6.45, 7) is 2.19. The molecule has 0 amide bonds. The Morgan fingerprint density at radius 3 is 2.63 bits per heavy atom. The lowest BCUT2D eigenvalue weighted by Gasteiger charge is -2.04. The maximum absolute atomic E-state index is 5.84. The molecule has 0 bridgehead atoms. The van der Waals surface area contributed by atoms with E-state index in [0.29, 0.717) is 5.13 Å². The Labute approximate surface area is 118 Å². The van der Waals surface area contributed by atoms with E-state index in [0.717, 1.165) is 18.6 Å². The lowest BCUT2D eigenvalue weighted by Crippen LogP contribution is -1.94. The molecule has 0 saturated heterocycles. The summed E-state index contributed by atoms with van der Waals surface area (Å²) in [5.41, 5.74) is 8.27. The molecule has 2 N–H and O–H groups in total. The van der Waals surface area contributed by atoms with Gasteiger partial charge in [0, 0.05) is 11.3 Å². The van der Waals surface area contributed by atoms with Gasteiger partial charge >= 0.3 is 0 Å². The number of nitrogen functional groups attached to an aromatic ring is 1. The first-order valence-corrected chi connectivity index (χ1v) is 7.41. The van der Waals surface area contributed by atoms with Crippen LogP contribution in [0.1, 0.15) is 35.9 Å². The van der Waals surface area contributed by atoms with E-state index in [1.807, 2.05) is 12.1 Å². The number of anilines is 1. The highest BCUT2D eigenvalue weighted by Crippen LogP contribution is 2.25. The van der Waals surface area contributed by atoms with Crippen molar-refractivity contribution in [1.29, 1.82) is 0 Å². The van der Waals surface area contributed by atoms with Crippen molar-refractivity contribution in [1.82, 2.24) is 4.98 Å². The SMILES string of the molecule is CCCCc1nc(N)sc1Cc1ccc(OC)cc1. The number of hydrogen-bond donors (Lipinski definition) is 1. The molecule has 19 heavy (non-hydrogen) atoms. The number of aryl methyl sites for hydroxylation is 1. The minimum absolute atomic E-state index is 0.676. The van der Waals surface area contributed by atoms with Crippen LogP contribution < -0.4 is 10.5 Å². The topological polar surface area (TPSA) is 48.1 Å². The highest BCUT2D eigenvalue weighted by molar-refractivity contribution is 7.15. The number of hydrogen-bond acceptors (Lipinski definition) is 4. The van der Waals surface area contributed by atoms with Crippen LogP contribution in [-0.2, 0) is 12.8 Å². The number of nitrogens with two attached hydrogens (primary N) is 1. The van der Waals surface area contributed by atoms with E-state index < -0.39 is 0 Å². The van der Waals surface area contributed by atoms with Gasteiger partial charge in [0.05, 0.1) is 12.8 Å². The summed E-state index contributed by atoms with van der Waals surface area (Å²) in [5.74, 6) is 0.888. The van der Waals surface area contributed by atoms with Crippen LogP contribution in [0.5, 0.6) is 5.75 Å². The molecular weight excluding hydrogens is 256 g/mol. The molecule has 2 rings (SSSR count). The van der Waals surface area contributed by atoms with Crippen LogP contribution >= 0.6 is 11.3 Å². The normalized spacial score (nSPS) is 10.6. The molecule has 1 aromatic heterocycles. The molecule has 0 aliphatic heterocycles. The van der Waals surface area contributed by atoms with Crippen LogP contribution in [0.15, 0.2) is 24.3 Å². The van der Waals surface area contributed by atoms with Crippen LogP contribution in [0.3, 0.4) is 0 Å². The summed E-state index contributed by atoms with van der Waals surface area (Å²) in [7, 11) is 1.68. The molecule has 3 nitrogen and oxygen atoms in total. The zero-order valence-electron chi connectivity index (χ0n) is 11.5. The third kappa shape index (κ3) is 3.70. The third-order valence-corrected chi connectivity index (χ3v) is 4.01. The number of methoxy groups -OCH3 is 1. The molecule has 0 atom stereocenters. The molecule has 1 aromatic carbocycles. The van der Waals surface area contributed by atoms with Gasteiger partial charge in [-0.25, -0.2) is 4.98 Å². The lowest BCUT2D eigenvalue weighted by atomic mass is 10.1. The van der Waals surface area contributed by atoms with Crippen molar-refractivity contribution in [2.75, 3.05) is 12.8 Å². The minimum atomic E-state index is 0.676. The first kappa shape index (κ1) is 13.9. The largest absolute Gasteiger partial charge is 0.497 e. The average Bonchev–Trinajstić information content (AvgIpc) is 2.77.